The molecule has 3 saturated heterocycles. The number of ether oxygens (including phenoxy) is 6. The van der Waals surface area contributed by atoms with Crippen molar-refractivity contribution in [3.63, 3.8) is 0 Å². The van der Waals surface area contributed by atoms with Crippen LogP contribution < -0.4 is 5.32 Å². The average Bonchev–Trinajstić information content (AvgIpc) is 0.777. The van der Waals surface area contributed by atoms with Crippen LogP contribution in [-0.2, 0) is 33.2 Å². The van der Waals surface area contributed by atoms with Crippen molar-refractivity contribution in [2.75, 3.05) is 26.4 Å². The van der Waals surface area contributed by atoms with Gasteiger partial charge in [-0.1, -0.05) is 400 Å². The lowest BCUT2D eigenvalue weighted by molar-refractivity contribution is -0.379. The molecule has 3 heterocycles. The van der Waals surface area contributed by atoms with Crippen LogP contribution in [0.2, 0.25) is 0 Å². The predicted octanol–water partition coefficient (Wildman–Crippen LogP) is 19.8. The van der Waals surface area contributed by atoms with Crippen LogP contribution in [0.15, 0.2) is 97.2 Å². The highest BCUT2D eigenvalue weighted by atomic mass is 16.8. The van der Waals surface area contributed by atoms with E-state index in [2.05, 4.69) is 104 Å². The summed E-state index contributed by atoms with van der Waals surface area (Å²) in [6, 6.07) is -0.995. The molecular weight excluding hydrogens is 1490 g/mol. The Balaban J connectivity index is 1.30. The zero-order chi connectivity index (χ0) is 85.2. The number of aliphatic hydroxyl groups excluding tert-OH is 11. The normalized spacial score (nSPS) is 24.7. The van der Waals surface area contributed by atoms with E-state index in [0.717, 1.165) is 77.0 Å². The third-order valence-electron chi connectivity index (χ3n) is 23.6. The summed E-state index contributed by atoms with van der Waals surface area (Å²) in [5.41, 5.74) is 0. The summed E-state index contributed by atoms with van der Waals surface area (Å²) in [4.78, 5) is 13.5. The van der Waals surface area contributed by atoms with Crippen molar-refractivity contribution >= 4 is 5.91 Å². The molecule has 0 saturated carbocycles. The molecule has 19 nitrogen and oxygen atoms in total. The molecule has 0 bridgehead atoms. The second-order valence-corrected chi connectivity index (χ2v) is 34.1. The highest BCUT2D eigenvalue weighted by Crippen LogP contribution is 2.34. The van der Waals surface area contributed by atoms with Crippen LogP contribution in [0.3, 0.4) is 0 Å². The van der Waals surface area contributed by atoms with Crippen molar-refractivity contribution in [1.29, 1.82) is 0 Å². The van der Waals surface area contributed by atoms with Crippen LogP contribution >= 0.6 is 0 Å². The second kappa shape index (κ2) is 77.3. The summed E-state index contributed by atoms with van der Waals surface area (Å²) >= 11 is 0. The van der Waals surface area contributed by atoms with Crippen molar-refractivity contribution in [2.45, 2.75) is 497 Å². The van der Waals surface area contributed by atoms with E-state index in [1.54, 1.807) is 6.08 Å². The molecule has 17 atom stereocenters. The van der Waals surface area contributed by atoms with Crippen molar-refractivity contribution < 1.29 is 89.4 Å². The molecule has 0 aromatic carbocycles. The number of unbranched alkanes of at least 4 members (excludes halogenated alkanes) is 49. The standard InChI is InChI=1S/C99H177NO18/c1-3-5-7-9-11-13-15-17-19-21-23-25-27-29-31-33-35-37-38-39-40-41-42-43-44-45-47-49-51-53-55-57-59-61-63-65-67-69-71-73-75-77-87(105)100-82(83(104)76-74-72-70-68-66-64-62-60-58-56-54-52-50-48-46-36-34-32-30-28-26-24-22-20-18-16-14-12-10-8-6-4-2)81-113-97-93(111)90(108)95(85(79-102)115-97)118-99-94(112)91(109)96(86(80-103)116-99)117-98-92(110)89(107)88(106)84(78-101)114-98/h5,7,11,13,17,19,23,25,29,31,35,37,66,68,74,76,82-86,88-99,101-104,106-112H,3-4,6,8-10,12,14-16,18,20-22,24,26-28,30,32-34,36,38-65,67,69-73,75,77-81H2,1-2H3,(H,100,105)/b7-5-,13-11-,19-17-,25-23-,31-29-,37-35-,68-66+,76-74+. The first kappa shape index (κ1) is 109. The molecule has 0 aromatic rings. The number of aliphatic hydroxyl groups is 11. The number of carbonyl (C=O) groups excluding carboxylic acids is 1. The van der Waals surface area contributed by atoms with E-state index in [1.807, 2.05) is 6.08 Å². The molecule has 1 amide bonds. The Hall–Kier alpha value is -3.29. The van der Waals surface area contributed by atoms with Crippen molar-refractivity contribution in [3.8, 4) is 0 Å². The zero-order valence-corrected chi connectivity index (χ0v) is 74.4. The van der Waals surface area contributed by atoms with E-state index >= 15 is 0 Å². The molecule has 3 aliphatic heterocycles. The fourth-order valence-electron chi connectivity index (χ4n) is 16.0. The Kier molecular flexibility index (Phi) is 71.3. The van der Waals surface area contributed by atoms with Gasteiger partial charge in [-0.15, -0.1) is 0 Å². The Labute approximate surface area is 717 Å². The minimum absolute atomic E-state index is 0.236. The van der Waals surface area contributed by atoms with Crippen LogP contribution in [0.5, 0.6) is 0 Å². The Morgan fingerprint density at radius 2 is 0.593 bits per heavy atom. The molecule has 0 aliphatic carbocycles. The number of nitrogens with one attached hydrogen (secondary N) is 1. The van der Waals surface area contributed by atoms with E-state index in [1.165, 1.54) is 283 Å². The smallest absolute Gasteiger partial charge is 0.220 e. The lowest BCUT2D eigenvalue weighted by Gasteiger charge is -2.48. The monoisotopic (exact) mass is 1670 g/mol. The van der Waals surface area contributed by atoms with Gasteiger partial charge in [0.1, 0.15) is 73.2 Å². The van der Waals surface area contributed by atoms with Crippen LogP contribution in [0.4, 0.5) is 0 Å². The first-order valence-electron chi connectivity index (χ1n) is 48.5. The summed E-state index contributed by atoms with van der Waals surface area (Å²) < 4.78 is 34.5. The van der Waals surface area contributed by atoms with E-state index in [0.29, 0.717) is 12.8 Å². The van der Waals surface area contributed by atoms with Crippen molar-refractivity contribution in [1.82, 2.24) is 5.32 Å². The topological polar surface area (TPSA) is 307 Å². The van der Waals surface area contributed by atoms with E-state index < -0.39 is 124 Å². The molecule has 0 radical (unpaired) electrons. The van der Waals surface area contributed by atoms with Gasteiger partial charge in [0.25, 0.3) is 0 Å². The summed E-state index contributed by atoms with van der Waals surface area (Å²) in [6.07, 6.45) is 81.5. The van der Waals surface area contributed by atoms with E-state index in [9.17, 15) is 61.0 Å². The SMILES string of the molecule is CC/C=C\C/C=C\C/C=C\C/C=C\C/C=C\C/C=C\CCCCCCCCCCCCCCCCCCCCCCCCC(=O)NC(COC1OC(CO)C(OC2OC(CO)C(OC3OC(CO)C(O)C(O)C3O)C(O)C2O)C(O)C1O)C(O)/C=C/CC/C=C/CCCCCCCCCCCCCCCCCCCCCCCCCCCC. The van der Waals surface area contributed by atoms with Crippen LogP contribution in [-0.4, -0.2) is 193 Å². The third-order valence-corrected chi connectivity index (χ3v) is 23.6. The maximum Gasteiger partial charge on any atom is 0.220 e. The molecule has 0 aromatic heterocycles. The Morgan fingerprint density at radius 1 is 0.314 bits per heavy atom. The average molecular weight is 1670 g/mol. The van der Waals surface area contributed by atoms with Gasteiger partial charge in [-0.2, -0.15) is 0 Å². The maximum absolute atomic E-state index is 13.5. The third kappa shape index (κ3) is 54.5. The van der Waals surface area contributed by atoms with E-state index in [-0.39, 0.29) is 18.9 Å². The van der Waals surface area contributed by atoms with Gasteiger partial charge in [0.15, 0.2) is 18.9 Å². The minimum atomic E-state index is -1.98. The number of allylic oxidation sites excluding steroid dienone is 15. The van der Waals surface area contributed by atoms with Crippen molar-refractivity contribution in [2.24, 2.45) is 0 Å². The first-order valence-corrected chi connectivity index (χ1v) is 48.5. The number of hydrogen-bond donors (Lipinski definition) is 12. The zero-order valence-electron chi connectivity index (χ0n) is 74.4. The molecular formula is C99H177NO18. The van der Waals surface area contributed by atoms with Gasteiger partial charge < -0.3 is 89.9 Å². The van der Waals surface area contributed by atoms with Gasteiger partial charge in [0.2, 0.25) is 5.91 Å². The number of amides is 1. The predicted molar refractivity (Wildman–Crippen MR) is 480 cm³/mol. The van der Waals surface area contributed by atoms with Gasteiger partial charge >= 0.3 is 0 Å². The van der Waals surface area contributed by atoms with Crippen molar-refractivity contribution in [3.05, 3.63) is 97.2 Å². The van der Waals surface area contributed by atoms with Gasteiger partial charge in [-0.3, -0.25) is 4.79 Å². The molecule has 686 valence electrons. The Bertz CT molecular complexity index is 2500. The van der Waals surface area contributed by atoms with Gasteiger partial charge in [-0.25, -0.2) is 0 Å². The maximum atomic E-state index is 13.5. The molecule has 19 heteroatoms. The summed E-state index contributed by atoms with van der Waals surface area (Å²) in [7, 11) is 0. The number of carbonyl (C=O) groups is 1. The van der Waals surface area contributed by atoms with Crippen LogP contribution in [0.25, 0.3) is 0 Å². The fourth-order valence-corrected chi connectivity index (χ4v) is 16.0. The summed E-state index contributed by atoms with van der Waals surface area (Å²) in [6.45, 7) is 1.66. The molecule has 12 N–H and O–H groups in total. The summed E-state index contributed by atoms with van der Waals surface area (Å²) in [5, 5.41) is 121. The largest absolute Gasteiger partial charge is 0.394 e. The highest BCUT2D eigenvalue weighted by Gasteiger charge is 2.54. The lowest BCUT2D eigenvalue weighted by atomic mass is 9.96. The van der Waals surface area contributed by atoms with Gasteiger partial charge in [0, 0.05) is 6.42 Å². The van der Waals surface area contributed by atoms with E-state index in [4.69, 9.17) is 28.4 Å². The number of rotatable bonds is 79. The molecule has 3 aliphatic rings. The van der Waals surface area contributed by atoms with Crippen LogP contribution in [0, 0.1) is 0 Å². The molecule has 3 fully saturated rings. The van der Waals surface area contributed by atoms with Gasteiger partial charge in [-0.05, 0) is 83.5 Å². The first-order chi connectivity index (χ1) is 57.8. The summed E-state index contributed by atoms with van der Waals surface area (Å²) in [5.74, 6) is -0.280. The molecule has 3 rings (SSSR count). The fraction of sp³-hybridized carbons (Fsp3) is 0.828. The molecule has 17 unspecified atom stereocenters. The van der Waals surface area contributed by atoms with Gasteiger partial charge in [0.05, 0.1) is 38.6 Å². The quantitative estimate of drug-likeness (QED) is 0.0199. The molecule has 0 spiro atoms. The molecule has 118 heavy (non-hydrogen) atoms. The highest BCUT2D eigenvalue weighted by molar-refractivity contribution is 5.76. The Morgan fingerprint density at radius 3 is 0.949 bits per heavy atom. The second-order valence-electron chi connectivity index (χ2n) is 34.1. The number of hydrogen-bond acceptors (Lipinski definition) is 18. The van der Waals surface area contributed by atoms with Crippen LogP contribution in [0.1, 0.15) is 393 Å². The minimum Gasteiger partial charge on any atom is -0.394 e. The lowest BCUT2D eigenvalue weighted by Crippen LogP contribution is -2.66.